The molecule has 226 valence electrons. The molecule has 3 rings (SSSR count). The lowest BCUT2D eigenvalue weighted by Gasteiger charge is -2.26. The Morgan fingerprint density at radius 2 is 1.71 bits per heavy atom. The van der Waals surface area contributed by atoms with Crippen LogP contribution in [0.4, 0.5) is 5.69 Å². The van der Waals surface area contributed by atoms with Crippen molar-refractivity contribution in [1.29, 1.82) is 0 Å². The summed E-state index contributed by atoms with van der Waals surface area (Å²) in [7, 11) is 0. The van der Waals surface area contributed by atoms with Crippen LogP contribution in [-0.2, 0) is 14.3 Å². The number of aliphatic carboxylic acids is 1. The number of carboxylic acid groups (broad SMARTS) is 1. The van der Waals surface area contributed by atoms with Crippen LogP contribution in [0, 0.1) is 0 Å². The van der Waals surface area contributed by atoms with Gasteiger partial charge in [-0.15, -0.1) is 0 Å². The van der Waals surface area contributed by atoms with E-state index in [2.05, 4.69) is 25.7 Å². The van der Waals surface area contributed by atoms with Crippen molar-refractivity contribution in [3.05, 3.63) is 48.0 Å². The number of benzene rings is 2. The second-order valence-electron chi connectivity index (χ2n) is 10.2. The van der Waals surface area contributed by atoms with E-state index in [-0.39, 0.29) is 6.42 Å². The lowest BCUT2D eigenvalue weighted by molar-refractivity contribution is -0.137. The molecule has 1 aliphatic rings. The van der Waals surface area contributed by atoms with Crippen molar-refractivity contribution in [3.8, 4) is 16.9 Å². The van der Waals surface area contributed by atoms with Gasteiger partial charge in [0.25, 0.3) is 0 Å². The zero-order valence-electron chi connectivity index (χ0n) is 25.1. The fraction of sp³-hybridized carbons (Fsp3) is 0.545. The van der Waals surface area contributed by atoms with Gasteiger partial charge in [-0.3, -0.25) is 14.4 Å². The van der Waals surface area contributed by atoms with Crippen molar-refractivity contribution < 1.29 is 29.0 Å². The molecule has 0 bridgehead atoms. The summed E-state index contributed by atoms with van der Waals surface area (Å²) in [5.41, 5.74) is 3.40. The van der Waals surface area contributed by atoms with E-state index in [0.717, 1.165) is 93.6 Å². The first-order valence-electron chi connectivity index (χ1n) is 15.1. The van der Waals surface area contributed by atoms with Gasteiger partial charge in [-0.25, -0.2) is 0 Å². The first-order chi connectivity index (χ1) is 19.9. The average Bonchev–Trinajstić information content (AvgIpc) is 3.39. The fourth-order valence-corrected chi connectivity index (χ4v) is 4.68. The van der Waals surface area contributed by atoms with Gasteiger partial charge in [0.15, 0.2) is 6.29 Å². The summed E-state index contributed by atoms with van der Waals surface area (Å²) in [5.74, 6) is 0.327. The number of aldehydes is 1. The van der Waals surface area contributed by atoms with Crippen LogP contribution in [0.15, 0.2) is 42.5 Å². The minimum atomic E-state index is -0.802. The van der Waals surface area contributed by atoms with E-state index in [1.807, 2.05) is 47.4 Å². The summed E-state index contributed by atoms with van der Waals surface area (Å²) in [6.07, 6.45) is 7.57. The molecular formula is C33H48N2O6. The summed E-state index contributed by atoms with van der Waals surface area (Å²) in [6, 6.07) is 13.6. The van der Waals surface area contributed by atoms with Gasteiger partial charge < -0.3 is 24.4 Å². The predicted molar refractivity (Wildman–Crippen MR) is 164 cm³/mol. The molecule has 2 aromatic carbocycles. The van der Waals surface area contributed by atoms with Crippen LogP contribution in [0.3, 0.4) is 0 Å². The average molecular weight is 569 g/mol. The van der Waals surface area contributed by atoms with Crippen LogP contribution in [0.1, 0.15) is 82.5 Å². The van der Waals surface area contributed by atoms with Crippen molar-refractivity contribution in [2.75, 3.05) is 50.9 Å². The molecule has 41 heavy (non-hydrogen) atoms. The third kappa shape index (κ3) is 12.3. The molecule has 8 heteroatoms. The highest BCUT2D eigenvalue weighted by Crippen LogP contribution is 2.28. The number of carbonyl (C=O) groups excluding carboxylic acids is 2. The lowest BCUT2D eigenvalue weighted by atomic mass is 10.0. The van der Waals surface area contributed by atoms with Gasteiger partial charge >= 0.3 is 5.97 Å². The zero-order chi connectivity index (χ0) is 29.9. The fourth-order valence-electron chi connectivity index (χ4n) is 4.68. The Morgan fingerprint density at radius 3 is 2.32 bits per heavy atom. The summed E-state index contributed by atoms with van der Waals surface area (Å²) in [4.78, 5) is 37.6. The van der Waals surface area contributed by atoms with Crippen molar-refractivity contribution in [1.82, 2.24) is 4.90 Å². The highest BCUT2D eigenvalue weighted by molar-refractivity contribution is 5.87. The van der Waals surface area contributed by atoms with Crippen LogP contribution < -0.4 is 9.64 Å². The summed E-state index contributed by atoms with van der Waals surface area (Å²) < 4.78 is 11.2. The minimum absolute atomic E-state index is 0.119. The Bertz CT molecular complexity index is 1060. The number of hydrogen-bond acceptors (Lipinski definition) is 6. The van der Waals surface area contributed by atoms with Gasteiger partial charge in [0.05, 0.1) is 6.61 Å². The summed E-state index contributed by atoms with van der Waals surface area (Å²) in [5, 5.41) is 8.91. The molecule has 0 aliphatic carbocycles. The summed E-state index contributed by atoms with van der Waals surface area (Å²) >= 11 is 0. The van der Waals surface area contributed by atoms with E-state index < -0.39 is 5.97 Å². The predicted octanol–water partition coefficient (Wildman–Crippen LogP) is 6.46. The number of ether oxygens (including phenoxy) is 2. The van der Waals surface area contributed by atoms with Gasteiger partial charge in [0.2, 0.25) is 5.91 Å². The number of amides is 1. The number of carboxylic acids is 1. The number of nitrogens with zero attached hydrogens (tertiary/aromatic N) is 2. The zero-order valence-corrected chi connectivity index (χ0v) is 25.1. The highest BCUT2D eigenvalue weighted by atomic mass is 16.5. The van der Waals surface area contributed by atoms with Crippen LogP contribution in [0.25, 0.3) is 11.1 Å². The molecule has 2 aromatic rings. The Balaban J connectivity index is 0.000000553. The molecule has 1 heterocycles. The molecule has 0 aromatic heterocycles. The number of unbranched alkanes of at least 4 members (excludes halogenated alkanes) is 1. The SMILES string of the molecule is CCCCOCCOc1ccc(-c2ccc(N(CCC)CCCC(=O)O)c(C=O)c2)cc1.CCCN1CCCC1=O. The molecule has 0 saturated carbocycles. The Kier molecular flexibility index (Phi) is 16.2. The molecule has 1 fully saturated rings. The quantitative estimate of drug-likeness (QED) is 0.163. The molecule has 0 unspecified atom stereocenters. The van der Waals surface area contributed by atoms with Gasteiger partial charge in [0.1, 0.15) is 12.4 Å². The number of anilines is 1. The largest absolute Gasteiger partial charge is 0.491 e. The second-order valence-corrected chi connectivity index (χ2v) is 10.2. The molecule has 1 saturated heterocycles. The van der Waals surface area contributed by atoms with Crippen LogP contribution in [-0.4, -0.2) is 74.2 Å². The van der Waals surface area contributed by atoms with Crippen molar-refractivity contribution in [3.63, 3.8) is 0 Å². The minimum Gasteiger partial charge on any atom is -0.491 e. The highest BCUT2D eigenvalue weighted by Gasteiger charge is 2.18. The maximum absolute atomic E-state index is 11.8. The normalized spacial score (nSPS) is 12.6. The first kappa shape index (κ1) is 33.8. The topological polar surface area (TPSA) is 96.4 Å². The first-order valence-corrected chi connectivity index (χ1v) is 15.1. The van der Waals surface area contributed by atoms with Crippen molar-refractivity contribution >= 4 is 23.9 Å². The molecule has 0 atom stereocenters. The van der Waals surface area contributed by atoms with E-state index >= 15 is 0 Å². The molecule has 8 nitrogen and oxygen atoms in total. The van der Waals surface area contributed by atoms with E-state index in [1.165, 1.54) is 0 Å². The smallest absolute Gasteiger partial charge is 0.303 e. The van der Waals surface area contributed by atoms with E-state index in [9.17, 15) is 14.4 Å². The number of carbonyl (C=O) groups is 3. The van der Waals surface area contributed by atoms with E-state index in [0.29, 0.717) is 37.6 Å². The molecule has 1 amide bonds. The monoisotopic (exact) mass is 568 g/mol. The standard InChI is InChI=1S/C26H35NO5.C7H13NO/c1-3-5-16-31-17-18-32-24-11-8-21(9-12-24)22-10-13-25(23(19-22)20-28)27(14-4-2)15-6-7-26(29)30;1-2-5-8-6-3-4-7(8)9/h8-13,19-20H,3-7,14-18H2,1-2H3,(H,29,30);2-6H2,1H3. The van der Waals surface area contributed by atoms with E-state index in [4.69, 9.17) is 14.6 Å². The molecule has 1 aliphatic heterocycles. The van der Waals surface area contributed by atoms with Gasteiger partial charge in [-0.05, 0) is 67.5 Å². The van der Waals surface area contributed by atoms with Crippen LogP contribution in [0.5, 0.6) is 5.75 Å². The Morgan fingerprint density at radius 1 is 0.951 bits per heavy atom. The number of likely N-dealkylation sites (tertiary alicyclic amines) is 1. The number of rotatable bonds is 18. The molecular weight excluding hydrogens is 520 g/mol. The van der Waals surface area contributed by atoms with E-state index in [1.54, 1.807) is 0 Å². The molecule has 0 radical (unpaired) electrons. The Labute approximate surface area is 245 Å². The second kappa shape index (κ2) is 19.6. The van der Waals surface area contributed by atoms with Crippen LogP contribution >= 0.6 is 0 Å². The van der Waals surface area contributed by atoms with Crippen molar-refractivity contribution in [2.24, 2.45) is 0 Å². The molecule has 0 spiro atoms. The Hall–Kier alpha value is -3.39. The third-order valence-corrected chi connectivity index (χ3v) is 6.80. The maximum Gasteiger partial charge on any atom is 0.303 e. The molecule has 1 N–H and O–H groups in total. The summed E-state index contributed by atoms with van der Waals surface area (Å²) in [6.45, 7) is 11.5. The number of hydrogen-bond donors (Lipinski definition) is 1. The van der Waals surface area contributed by atoms with Gasteiger partial charge in [-0.1, -0.05) is 45.4 Å². The van der Waals surface area contributed by atoms with Gasteiger partial charge in [-0.2, -0.15) is 0 Å². The lowest BCUT2D eigenvalue weighted by Crippen LogP contribution is -2.26. The van der Waals surface area contributed by atoms with Crippen LogP contribution in [0.2, 0.25) is 0 Å². The third-order valence-electron chi connectivity index (χ3n) is 6.80. The van der Waals surface area contributed by atoms with Gasteiger partial charge in [0, 0.05) is 56.9 Å². The maximum atomic E-state index is 11.8. The van der Waals surface area contributed by atoms with Crippen molar-refractivity contribution in [2.45, 2.75) is 72.1 Å².